The van der Waals surface area contributed by atoms with Crippen LogP contribution in [0.1, 0.15) is 10.4 Å². The van der Waals surface area contributed by atoms with Gasteiger partial charge in [0.2, 0.25) is 5.13 Å². The smallest absolute Gasteiger partial charge is 0.349 e. The highest BCUT2D eigenvalue weighted by molar-refractivity contribution is 7.22. The summed E-state index contributed by atoms with van der Waals surface area (Å²) in [6.45, 7) is 0. The Balaban J connectivity index is 1.59. The topological polar surface area (TPSA) is 93.5 Å². The van der Waals surface area contributed by atoms with Crippen molar-refractivity contribution in [2.24, 2.45) is 0 Å². The highest BCUT2D eigenvalue weighted by atomic mass is 35.5. The number of halogens is 1. The predicted molar refractivity (Wildman–Crippen MR) is 105 cm³/mol. The van der Waals surface area contributed by atoms with Crippen LogP contribution in [0.3, 0.4) is 0 Å². The highest BCUT2D eigenvalue weighted by Gasteiger charge is 2.16. The number of amides is 1. The normalized spacial score (nSPS) is 10.9. The Bertz CT molecular complexity index is 1230. The molecular formula is C18H12ClN3O4S. The van der Waals surface area contributed by atoms with E-state index in [9.17, 15) is 9.59 Å². The monoisotopic (exact) mass is 401 g/mol. The lowest BCUT2D eigenvalue weighted by molar-refractivity contribution is 0.0959. The van der Waals surface area contributed by atoms with Crippen molar-refractivity contribution in [3.05, 3.63) is 63.5 Å². The zero-order chi connectivity index (χ0) is 19.0. The van der Waals surface area contributed by atoms with Gasteiger partial charge in [0.15, 0.2) is 0 Å². The minimum absolute atomic E-state index is 0.113. The molecule has 2 aromatic heterocycles. The van der Waals surface area contributed by atoms with Gasteiger partial charge in [0.1, 0.15) is 22.4 Å². The van der Waals surface area contributed by atoms with Crippen LogP contribution in [-0.2, 0) is 0 Å². The zero-order valence-electron chi connectivity index (χ0n) is 13.9. The van der Waals surface area contributed by atoms with E-state index in [1.54, 1.807) is 36.4 Å². The number of thiazole rings is 1. The van der Waals surface area contributed by atoms with Crippen molar-refractivity contribution in [2.75, 3.05) is 12.5 Å². The summed E-state index contributed by atoms with van der Waals surface area (Å²) >= 11 is 7.43. The first-order chi connectivity index (χ1) is 13.1. The third kappa shape index (κ3) is 3.20. The molecule has 0 aliphatic rings. The van der Waals surface area contributed by atoms with Crippen LogP contribution in [0.5, 0.6) is 5.75 Å². The molecule has 0 bridgehead atoms. The van der Waals surface area contributed by atoms with Gasteiger partial charge in [0, 0.05) is 5.39 Å². The number of hydrazine groups is 1. The second-order valence-corrected chi connectivity index (χ2v) is 6.92. The molecule has 7 nitrogen and oxygen atoms in total. The molecule has 0 aliphatic heterocycles. The molecule has 9 heteroatoms. The van der Waals surface area contributed by atoms with Crippen molar-refractivity contribution in [1.82, 2.24) is 10.4 Å². The number of hydrogen-bond donors (Lipinski definition) is 2. The molecule has 4 rings (SSSR count). The van der Waals surface area contributed by atoms with Gasteiger partial charge < -0.3 is 9.15 Å². The molecule has 0 fully saturated rings. The first-order valence-electron chi connectivity index (χ1n) is 7.79. The lowest BCUT2D eigenvalue weighted by atomic mass is 10.2. The van der Waals surface area contributed by atoms with E-state index in [1.165, 1.54) is 24.5 Å². The van der Waals surface area contributed by atoms with E-state index in [0.717, 1.165) is 4.70 Å². The van der Waals surface area contributed by atoms with Crippen LogP contribution in [0, 0.1) is 0 Å². The fourth-order valence-electron chi connectivity index (χ4n) is 2.57. The second-order valence-electron chi connectivity index (χ2n) is 5.51. The van der Waals surface area contributed by atoms with Gasteiger partial charge in [-0.25, -0.2) is 9.78 Å². The summed E-state index contributed by atoms with van der Waals surface area (Å²) < 4.78 is 11.2. The summed E-state index contributed by atoms with van der Waals surface area (Å²) in [6.07, 6.45) is 0. The number of anilines is 1. The van der Waals surface area contributed by atoms with Crippen molar-refractivity contribution in [2.45, 2.75) is 0 Å². The van der Waals surface area contributed by atoms with Gasteiger partial charge in [-0.15, -0.1) is 0 Å². The SMILES string of the molecule is COc1ccc(Cl)c2sc(NNC(=O)c3cc4ccccc4oc3=O)nc12. The van der Waals surface area contributed by atoms with E-state index >= 15 is 0 Å². The number of carbonyl (C=O) groups is 1. The molecule has 2 heterocycles. The summed E-state index contributed by atoms with van der Waals surface area (Å²) in [5.74, 6) is -0.0629. The van der Waals surface area contributed by atoms with Gasteiger partial charge in [-0.2, -0.15) is 0 Å². The quantitative estimate of drug-likeness (QED) is 0.399. The molecule has 0 atom stereocenters. The van der Waals surface area contributed by atoms with E-state index in [1.807, 2.05) is 0 Å². The first-order valence-corrected chi connectivity index (χ1v) is 8.98. The fraction of sp³-hybridized carbons (Fsp3) is 0.0556. The molecule has 0 spiro atoms. The summed E-state index contributed by atoms with van der Waals surface area (Å²) in [5.41, 5.74) is 5.32. The minimum Gasteiger partial charge on any atom is -0.494 e. The number of para-hydroxylation sites is 1. The first kappa shape index (κ1) is 17.3. The predicted octanol–water partition coefficient (Wildman–Crippen LogP) is 3.82. The van der Waals surface area contributed by atoms with E-state index in [2.05, 4.69) is 15.8 Å². The molecule has 2 N–H and O–H groups in total. The third-order valence-corrected chi connectivity index (χ3v) is 5.28. The van der Waals surface area contributed by atoms with E-state index in [-0.39, 0.29) is 5.56 Å². The Kier molecular flexibility index (Phi) is 4.43. The number of methoxy groups -OCH3 is 1. The zero-order valence-corrected chi connectivity index (χ0v) is 15.5. The Morgan fingerprint density at radius 1 is 1.26 bits per heavy atom. The number of benzene rings is 2. The number of fused-ring (bicyclic) bond motifs is 2. The fourth-order valence-corrected chi connectivity index (χ4v) is 3.68. The van der Waals surface area contributed by atoms with Crippen LogP contribution in [0.4, 0.5) is 5.13 Å². The summed E-state index contributed by atoms with van der Waals surface area (Å²) in [6, 6.07) is 11.9. The number of ether oxygens (including phenoxy) is 1. The Morgan fingerprint density at radius 2 is 2.07 bits per heavy atom. The maximum atomic E-state index is 12.4. The lowest BCUT2D eigenvalue weighted by Gasteiger charge is -2.05. The maximum Gasteiger partial charge on any atom is 0.349 e. The molecule has 0 aliphatic carbocycles. The Labute approximate surface area is 161 Å². The molecule has 0 saturated carbocycles. The van der Waals surface area contributed by atoms with Gasteiger partial charge >= 0.3 is 5.63 Å². The average molecular weight is 402 g/mol. The van der Waals surface area contributed by atoms with E-state index in [0.29, 0.717) is 32.4 Å². The molecule has 0 saturated heterocycles. The van der Waals surface area contributed by atoms with Gasteiger partial charge in [-0.3, -0.25) is 15.6 Å². The van der Waals surface area contributed by atoms with E-state index < -0.39 is 11.5 Å². The molecule has 2 aromatic carbocycles. The van der Waals surface area contributed by atoms with Crippen molar-refractivity contribution in [3.63, 3.8) is 0 Å². The minimum atomic E-state index is -0.720. The molecular weight excluding hydrogens is 390 g/mol. The highest BCUT2D eigenvalue weighted by Crippen LogP contribution is 2.37. The van der Waals surface area contributed by atoms with Crippen molar-refractivity contribution in [1.29, 1.82) is 0 Å². The Hall–Kier alpha value is -3.10. The van der Waals surface area contributed by atoms with Gasteiger partial charge in [-0.05, 0) is 24.3 Å². The molecule has 0 unspecified atom stereocenters. The third-order valence-electron chi connectivity index (χ3n) is 3.85. The number of nitrogens with one attached hydrogen (secondary N) is 2. The second kappa shape index (κ2) is 6.90. The van der Waals surface area contributed by atoms with Crippen LogP contribution in [0.15, 0.2) is 51.7 Å². The number of nitrogens with zero attached hydrogens (tertiary/aromatic N) is 1. The number of hydrogen-bond acceptors (Lipinski definition) is 7. The van der Waals surface area contributed by atoms with Gasteiger partial charge in [0.05, 0.1) is 16.8 Å². The van der Waals surface area contributed by atoms with E-state index in [4.69, 9.17) is 20.8 Å². The summed E-state index contributed by atoms with van der Waals surface area (Å²) in [7, 11) is 1.54. The van der Waals surface area contributed by atoms with Gasteiger partial charge in [-0.1, -0.05) is 41.1 Å². The molecule has 4 aromatic rings. The van der Waals surface area contributed by atoms with Crippen LogP contribution in [0.25, 0.3) is 21.2 Å². The number of carbonyl (C=O) groups excluding carboxylic acids is 1. The number of rotatable bonds is 4. The molecule has 1 amide bonds. The van der Waals surface area contributed by atoms with Crippen LogP contribution < -0.4 is 21.2 Å². The standard InChI is InChI=1S/C18H12ClN3O4S/c1-25-13-7-6-11(19)15-14(13)20-18(27-15)22-21-16(23)10-8-9-4-2-3-5-12(9)26-17(10)24/h2-8H,1H3,(H,20,22)(H,21,23). The molecule has 0 radical (unpaired) electrons. The average Bonchev–Trinajstić information content (AvgIpc) is 3.11. The molecule has 27 heavy (non-hydrogen) atoms. The van der Waals surface area contributed by atoms with Crippen LogP contribution >= 0.6 is 22.9 Å². The van der Waals surface area contributed by atoms with Crippen LogP contribution in [0.2, 0.25) is 5.02 Å². The summed E-state index contributed by atoms with van der Waals surface area (Å²) in [5, 5.41) is 1.58. The van der Waals surface area contributed by atoms with Crippen molar-refractivity contribution in [3.8, 4) is 5.75 Å². The maximum absolute atomic E-state index is 12.4. The lowest BCUT2D eigenvalue weighted by Crippen LogP contribution is -2.32. The Morgan fingerprint density at radius 3 is 2.89 bits per heavy atom. The number of aromatic nitrogens is 1. The molecule has 136 valence electrons. The van der Waals surface area contributed by atoms with Crippen molar-refractivity contribution < 1.29 is 13.9 Å². The van der Waals surface area contributed by atoms with Crippen molar-refractivity contribution >= 4 is 55.2 Å². The summed E-state index contributed by atoms with van der Waals surface area (Å²) in [4.78, 5) is 28.8. The van der Waals surface area contributed by atoms with Gasteiger partial charge in [0.25, 0.3) is 5.91 Å². The largest absolute Gasteiger partial charge is 0.494 e. The van der Waals surface area contributed by atoms with Crippen LogP contribution in [-0.4, -0.2) is 18.0 Å².